The van der Waals surface area contributed by atoms with Gasteiger partial charge in [-0.25, -0.2) is 0 Å². The number of piperidine rings is 1. The zero-order valence-electron chi connectivity index (χ0n) is 13.1. The van der Waals surface area contributed by atoms with Gasteiger partial charge in [0.25, 0.3) is 0 Å². The maximum atomic E-state index is 2.89. The second-order valence-electron chi connectivity index (χ2n) is 7.96. The Balaban J connectivity index is 1.29. The quantitative estimate of drug-likeness (QED) is 0.761. The molecule has 20 heavy (non-hydrogen) atoms. The van der Waals surface area contributed by atoms with Crippen molar-refractivity contribution in [3.05, 3.63) is 0 Å². The number of hydrogen-bond donors (Lipinski definition) is 0. The fraction of sp³-hybridized carbons (Fsp3) is 1.00. The number of rotatable bonds is 2. The molecule has 0 unspecified atom stereocenters. The molecular formula is C18H32N2. The van der Waals surface area contributed by atoms with Crippen molar-refractivity contribution in [2.24, 2.45) is 11.8 Å². The third kappa shape index (κ3) is 2.66. The Morgan fingerprint density at radius 3 is 1.95 bits per heavy atom. The van der Waals surface area contributed by atoms with E-state index in [1.54, 1.807) is 25.7 Å². The van der Waals surface area contributed by atoms with Crippen LogP contribution in [0, 0.1) is 11.8 Å². The van der Waals surface area contributed by atoms with Crippen LogP contribution in [0.15, 0.2) is 0 Å². The molecule has 114 valence electrons. The summed E-state index contributed by atoms with van der Waals surface area (Å²) in [6, 6.07) is 1.90. The lowest BCUT2D eigenvalue weighted by Gasteiger charge is -2.42. The summed E-state index contributed by atoms with van der Waals surface area (Å²) in [4.78, 5) is 5.73. The standard InChI is InChI=1S/C18H32N2/c1-2-4-10-19(9-3-1)17-7-11-20(12-8-17)18-14-15-5-6-16(18)13-15/h15-18H,1-14H2/t15-,16+,18+/m1/s1. The van der Waals surface area contributed by atoms with E-state index in [0.717, 1.165) is 23.9 Å². The summed E-state index contributed by atoms with van der Waals surface area (Å²) < 4.78 is 0. The van der Waals surface area contributed by atoms with E-state index < -0.39 is 0 Å². The van der Waals surface area contributed by atoms with Gasteiger partial charge in [-0.1, -0.05) is 19.3 Å². The summed E-state index contributed by atoms with van der Waals surface area (Å²) in [5.74, 6) is 2.18. The summed E-state index contributed by atoms with van der Waals surface area (Å²) >= 11 is 0. The molecule has 0 aromatic heterocycles. The molecule has 0 aromatic carbocycles. The Bertz CT molecular complexity index is 313. The molecule has 2 bridgehead atoms. The van der Waals surface area contributed by atoms with Gasteiger partial charge >= 0.3 is 0 Å². The predicted molar refractivity (Wildman–Crippen MR) is 83.9 cm³/mol. The van der Waals surface area contributed by atoms with Crippen LogP contribution in [0.1, 0.15) is 64.2 Å². The van der Waals surface area contributed by atoms with Crippen LogP contribution in [-0.2, 0) is 0 Å². The van der Waals surface area contributed by atoms with E-state index in [4.69, 9.17) is 0 Å². The van der Waals surface area contributed by atoms with Gasteiger partial charge in [0.2, 0.25) is 0 Å². The fourth-order valence-corrected chi connectivity index (χ4v) is 5.70. The van der Waals surface area contributed by atoms with E-state index in [1.165, 1.54) is 64.7 Å². The van der Waals surface area contributed by atoms with E-state index in [0.29, 0.717) is 0 Å². The third-order valence-corrected chi connectivity index (χ3v) is 6.83. The SMILES string of the molecule is C1CCCN(C2CCN([C@H]3C[C@@H]4CC[C@H]3C4)CC2)CC1. The molecule has 2 nitrogen and oxygen atoms in total. The number of nitrogens with zero attached hydrogens (tertiary/aromatic N) is 2. The normalized spacial score (nSPS) is 41.1. The molecular weight excluding hydrogens is 244 g/mol. The van der Waals surface area contributed by atoms with Gasteiger partial charge in [-0.2, -0.15) is 0 Å². The van der Waals surface area contributed by atoms with E-state index in [2.05, 4.69) is 9.80 Å². The van der Waals surface area contributed by atoms with Crippen LogP contribution in [-0.4, -0.2) is 48.1 Å². The van der Waals surface area contributed by atoms with Crippen molar-refractivity contribution in [1.82, 2.24) is 9.80 Å². The summed E-state index contributed by atoms with van der Waals surface area (Å²) in [6.45, 7) is 5.57. The van der Waals surface area contributed by atoms with Gasteiger partial charge in [0.15, 0.2) is 0 Å². The van der Waals surface area contributed by atoms with E-state index in [1.807, 2.05) is 0 Å². The van der Waals surface area contributed by atoms with E-state index in [9.17, 15) is 0 Å². The molecule has 2 heterocycles. The smallest absolute Gasteiger partial charge is 0.0126 e. The van der Waals surface area contributed by atoms with Gasteiger partial charge in [-0.05, 0) is 83.0 Å². The van der Waals surface area contributed by atoms with E-state index >= 15 is 0 Å². The van der Waals surface area contributed by atoms with Crippen molar-refractivity contribution in [2.45, 2.75) is 76.3 Å². The van der Waals surface area contributed by atoms with Crippen LogP contribution in [0.4, 0.5) is 0 Å². The lowest BCUT2D eigenvalue weighted by Crippen LogP contribution is -2.49. The number of hydrogen-bond acceptors (Lipinski definition) is 2. The molecule has 2 aliphatic carbocycles. The molecule has 0 aromatic rings. The van der Waals surface area contributed by atoms with Gasteiger partial charge in [-0.15, -0.1) is 0 Å². The van der Waals surface area contributed by atoms with Crippen LogP contribution in [0.5, 0.6) is 0 Å². The predicted octanol–water partition coefficient (Wildman–Crippen LogP) is 3.52. The summed E-state index contributed by atoms with van der Waals surface area (Å²) in [5, 5.41) is 0. The van der Waals surface area contributed by atoms with Crippen molar-refractivity contribution < 1.29 is 0 Å². The zero-order chi connectivity index (χ0) is 13.4. The second-order valence-corrected chi connectivity index (χ2v) is 7.96. The van der Waals surface area contributed by atoms with Crippen LogP contribution in [0.25, 0.3) is 0 Å². The maximum absolute atomic E-state index is 2.89. The molecule has 0 N–H and O–H groups in total. The third-order valence-electron chi connectivity index (χ3n) is 6.83. The molecule has 2 aliphatic heterocycles. The van der Waals surface area contributed by atoms with Crippen molar-refractivity contribution in [3.8, 4) is 0 Å². The molecule has 2 saturated heterocycles. The highest BCUT2D eigenvalue weighted by Gasteiger charge is 2.43. The highest BCUT2D eigenvalue weighted by Crippen LogP contribution is 2.47. The second kappa shape index (κ2) is 5.96. The average Bonchev–Trinajstić information content (AvgIpc) is 3.02. The van der Waals surface area contributed by atoms with Gasteiger partial charge < -0.3 is 4.90 Å². The minimum atomic E-state index is 0.919. The van der Waals surface area contributed by atoms with Crippen LogP contribution in [0.2, 0.25) is 0 Å². The first-order valence-electron chi connectivity index (χ1n) is 9.38. The Hall–Kier alpha value is -0.0800. The highest BCUT2D eigenvalue weighted by atomic mass is 15.2. The Kier molecular flexibility index (Phi) is 4.05. The Morgan fingerprint density at radius 2 is 1.35 bits per heavy atom. The first kappa shape index (κ1) is 13.6. The van der Waals surface area contributed by atoms with Crippen molar-refractivity contribution in [1.29, 1.82) is 0 Å². The topological polar surface area (TPSA) is 6.48 Å². The average molecular weight is 276 g/mol. The van der Waals surface area contributed by atoms with Gasteiger partial charge in [0.1, 0.15) is 0 Å². The maximum Gasteiger partial charge on any atom is 0.0126 e. The van der Waals surface area contributed by atoms with Crippen LogP contribution < -0.4 is 0 Å². The summed E-state index contributed by atoms with van der Waals surface area (Å²) in [5.41, 5.74) is 0. The highest BCUT2D eigenvalue weighted by molar-refractivity contribution is 4.97. The monoisotopic (exact) mass is 276 g/mol. The lowest BCUT2D eigenvalue weighted by molar-refractivity contribution is 0.0654. The molecule has 0 amide bonds. The van der Waals surface area contributed by atoms with Crippen LogP contribution in [0.3, 0.4) is 0 Å². The minimum Gasteiger partial charge on any atom is -0.300 e. The molecule has 4 rings (SSSR count). The molecule has 4 fully saturated rings. The minimum absolute atomic E-state index is 0.919. The first-order valence-corrected chi connectivity index (χ1v) is 9.38. The van der Waals surface area contributed by atoms with Gasteiger partial charge in [0.05, 0.1) is 0 Å². The largest absolute Gasteiger partial charge is 0.300 e. The van der Waals surface area contributed by atoms with Crippen molar-refractivity contribution in [3.63, 3.8) is 0 Å². The summed E-state index contributed by atoms with van der Waals surface area (Å²) in [6.07, 6.45) is 14.9. The molecule has 3 atom stereocenters. The van der Waals surface area contributed by atoms with Crippen molar-refractivity contribution in [2.75, 3.05) is 26.2 Å². The first-order chi connectivity index (χ1) is 9.90. The zero-order valence-corrected chi connectivity index (χ0v) is 13.1. The lowest BCUT2D eigenvalue weighted by atomic mass is 9.91. The summed E-state index contributed by atoms with van der Waals surface area (Å²) in [7, 11) is 0. The Labute approximate surface area is 124 Å². The molecule has 2 heteroatoms. The van der Waals surface area contributed by atoms with Crippen LogP contribution >= 0.6 is 0 Å². The van der Waals surface area contributed by atoms with Gasteiger partial charge in [0, 0.05) is 12.1 Å². The number of fused-ring (bicyclic) bond motifs is 2. The fourth-order valence-electron chi connectivity index (χ4n) is 5.70. The van der Waals surface area contributed by atoms with E-state index in [-0.39, 0.29) is 0 Å². The van der Waals surface area contributed by atoms with Gasteiger partial charge in [-0.3, -0.25) is 4.90 Å². The molecule has 4 aliphatic rings. The molecule has 0 spiro atoms. The number of likely N-dealkylation sites (tertiary alicyclic amines) is 2. The Morgan fingerprint density at radius 1 is 0.600 bits per heavy atom. The molecule has 0 radical (unpaired) electrons. The molecule has 2 saturated carbocycles. The van der Waals surface area contributed by atoms with Crippen molar-refractivity contribution >= 4 is 0 Å².